The predicted molar refractivity (Wildman–Crippen MR) is 105 cm³/mol. The van der Waals surface area contributed by atoms with Gasteiger partial charge in [0, 0.05) is 21.0 Å². The highest BCUT2D eigenvalue weighted by Gasteiger charge is 2.14. The van der Waals surface area contributed by atoms with Gasteiger partial charge in [-0.25, -0.2) is 4.98 Å². The first-order chi connectivity index (χ1) is 12.5. The molecule has 1 aromatic heterocycles. The lowest BCUT2D eigenvalue weighted by atomic mass is 10.1. The van der Waals surface area contributed by atoms with Crippen LogP contribution in [-0.4, -0.2) is 10.9 Å². The van der Waals surface area contributed by atoms with E-state index in [0.29, 0.717) is 28.0 Å². The highest BCUT2D eigenvalue weighted by atomic mass is 35.5. The van der Waals surface area contributed by atoms with Crippen LogP contribution in [0.4, 0.5) is 0 Å². The average Bonchev–Trinajstić information content (AvgIpc) is 3.13. The summed E-state index contributed by atoms with van der Waals surface area (Å²) in [5.41, 5.74) is 4.00. The van der Waals surface area contributed by atoms with E-state index in [-0.39, 0.29) is 11.9 Å². The summed E-state index contributed by atoms with van der Waals surface area (Å²) < 4.78 is 5.64. The number of ether oxygens (including phenoxy) is 1. The Morgan fingerprint density at radius 3 is 2.65 bits per heavy atom. The predicted octanol–water partition coefficient (Wildman–Crippen LogP) is 5.52. The van der Waals surface area contributed by atoms with Crippen LogP contribution in [0.1, 0.15) is 34.6 Å². The first-order valence-corrected chi connectivity index (χ1v) is 9.58. The first kappa shape index (κ1) is 18.7. The SMILES string of the molecule is CC(NC(=O)c1ccc(OCc2cscn2)cc1)c1ccc(Cl)cc1Cl. The summed E-state index contributed by atoms with van der Waals surface area (Å²) >= 11 is 13.6. The summed E-state index contributed by atoms with van der Waals surface area (Å²) in [5, 5.41) is 5.95. The van der Waals surface area contributed by atoms with Crippen molar-refractivity contribution in [3.05, 3.63) is 80.2 Å². The van der Waals surface area contributed by atoms with Gasteiger partial charge in [-0.2, -0.15) is 0 Å². The third-order valence-corrected chi connectivity index (χ3v) is 4.96. The Bertz CT molecular complexity index is 883. The number of carbonyl (C=O) groups excluding carboxylic acids is 1. The normalized spacial score (nSPS) is 11.8. The Labute approximate surface area is 165 Å². The van der Waals surface area contributed by atoms with E-state index in [4.69, 9.17) is 27.9 Å². The molecule has 26 heavy (non-hydrogen) atoms. The van der Waals surface area contributed by atoms with Gasteiger partial charge in [0.1, 0.15) is 12.4 Å². The van der Waals surface area contributed by atoms with Crippen LogP contribution in [-0.2, 0) is 6.61 Å². The lowest BCUT2D eigenvalue weighted by Gasteiger charge is -2.16. The molecule has 0 bridgehead atoms. The summed E-state index contributed by atoms with van der Waals surface area (Å²) in [5.74, 6) is 0.498. The number of aromatic nitrogens is 1. The van der Waals surface area contributed by atoms with E-state index in [1.165, 1.54) is 11.3 Å². The van der Waals surface area contributed by atoms with Crippen molar-refractivity contribution in [1.29, 1.82) is 0 Å². The Hall–Kier alpha value is -2.08. The maximum Gasteiger partial charge on any atom is 0.251 e. The van der Waals surface area contributed by atoms with Crippen LogP contribution in [0.15, 0.2) is 53.4 Å². The zero-order valence-corrected chi connectivity index (χ0v) is 16.2. The van der Waals surface area contributed by atoms with Crippen LogP contribution in [0.5, 0.6) is 5.75 Å². The molecule has 134 valence electrons. The first-order valence-electron chi connectivity index (χ1n) is 7.88. The van der Waals surface area contributed by atoms with Crippen molar-refractivity contribution in [2.45, 2.75) is 19.6 Å². The van der Waals surface area contributed by atoms with Crippen LogP contribution in [0, 0.1) is 0 Å². The van der Waals surface area contributed by atoms with Crippen LogP contribution < -0.4 is 10.1 Å². The molecule has 1 N–H and O–H groups in total. The molecule has 1 unspecified atom stereocenters. The molecule has 0 aliphatic heterocycles. The fourth-order valence-corrected chi connectivity index (χ4v) is 3.49. The minimum atomic E-state index is -0.243. The number of nitrogens with one attached hydrogen (secondary N) is 1. The Morgan fingerprint density at radius 2 is 2.00 bits per heavy atom. The lowest BCUT2D eigenvalue weighted by molar-refractivity contribution is 0.0940. The summed E-state index contributed by atoms with van der Waals surface area (Å²) in [7, 11) is 0. The minimum Gasteiger partial charge on any atom is -0.487 e. The van der Waals surface area contributed by atoms with Gasteiger partial charge in [-0.3, -0.25) is 4.79 Å². The third-order valence-electron chi connectivity index (χ3n) is 3.76. The topological polar surface area (TPSA) is 51.2 Å². The third kappa shape index (κ3) is 4.75. The molecule has 0 aliphatic carbocycles. The molecule has 0 saturated heterocycles. The number of thiazole rings is 1. The van der Waals surface area contributed by atoms with Gasteiger partial charge < -0.3 is 10.1 Å². The van der Waals surface area contributed by atoms with Gasteiger partial charge in [0.2, 0.25) is 0 Å². The van der Waals surface area contributed by atoms with E-state index in [1.54, 1.807) is 41.9 Å². The Kier molecular flexibility index (Phi) is 6.14. The number of carbonyl (C=O) groups is 1. The number of nitrogens with zero attached hydrogens (tertiary/aromatic N) is 1. The molecule has 3 aromatic rings. The van der Waals surface area contributed by atoms with Crippen molar-refractivity contribution in [2.24, 2.45) is 0 Å². The number of halogens is 2. The molecule has 0 radical (unpaired) electrons. The summed E-state index contributed by atoms with van der Waals surface area (Å²) in [6.45, 7) is 2.28. The van der Waals surface area contributed by atoms with Gasteiger partial charge in [-0.1, -0.05) is 29.3 Å². The smallest absolute Gasteiger partial charge is 0.251 e. The molecular formula is C19H16Cl2N2O2S. The van der Waals surface area contributed by atoms with Gasteiger partial charge in [-0.05, 0) is 48.9 Å². The average molecular weight is 407 g/mol. The molecule has 2 aromatic carbocycles. The molecular weight excluding hydrogens is 391 g/mol. The fraction of sp³-hybridized carbons (Fsp3) is 0.158. The standard InChI is InChI=1S/C19H16Cl2N2O2S/c1-12(17-7-4-14(20)8-18(17)21)23-19(24)13-2-5-16(6-3-13)25-9-15-10-26-11-22-15/h2-8,10-12H,9H2,1H3,(H,23,24). The Balaban J connectivity index is 1.60. The second-order valence-corrected chi connectivity index (χ2v) is 7.22. The van der Waals surface area contributed by atoms with E-state index >= 15 is 0 Å². The van der Waals surface area contributed by atoms with Gasteiger partial charge in [0.15, 0.2) is 0 Å². The molecule has 3 rings (SSSR count). The van der Waals surface area contributed by atoms with Gasteiger partial charge in [-0.15, -0.1) is 11.3 Å². The van der Waals surface area contributed by atoms with Crippen molar-refractivity contribution in [3.63, 3.8) is 0 Å². The largest absolute Gasteiger partial charge is 0.487 e. The number of benzene rings is 2. The molecule has 0 aliphatic rings. The highest BCUT2D eigenvalue weighted by molar-refractivity contribution is 7.07. The second-order valence-electron chi connectivity index (χ2n) is 5.65. The molecule has 0 fully saturated rings. The number of hydrogen-bond donors (Lipinski definition) is 1. The van der Waals surface area contributed by atoms with Crippen molar-refractivity contribution in [1.82, 2.24) is 10.3 Å². The minimum absolute atomic E-state index is 0.186. The van der Waals surface area contributed by atoms with Crippen LogP contribution >= 0.6 is 34.5 Å². The molecule has 0 spiro atoms. The van der Waals surface area contributed by atoms with Crippen molar-refractivity contribution in [3.8, 4) is 5.75 Å². The van der Waals surface area contributed by atoms with E-state index in [0.717, 1.165) is 11.3 Å². The molecule has 0 saturated carbocycles. The maximum atomic E-state index is 12.4. The number of rotatable bonds is 6. The zero-order valence-electron chi connectivity index (χ0n) is 13.9. The van der Waals surface area contributed by atoms with Crippen molar-refractivity contribution < 1.29 is 9.53 Å². The van der Waals surface area contributed by atoms with Crippen LogP contribution in [0.25, 0.3) is 0 Å². The second kappa shape index (κ2) is 8.54. The number of hydrogen-bond acceptors (Lipinski definition) is 4. The molecule has 1 heterocycles. The quantitative estimate of drug-likeness (QED) is 0.586. The van der Waals surface area contributed by atoms with E-state index in [9.17, 15) is 4.79 Å². The molecule has 7 heteroatoms. The molecule has 1 amide bonds. The summed E-state index contributed by atoms with van der Waals surface area (Å²) in [6, 6.07) is 12.0. The monoisotopic (exact) mass is 406 g/mol. The van der Waals surface area contributed by atoms with Gasteiger partial charge >= 0.3 is 0 Å². The van der Waals surface area contributed by atoms with Crippen LogP contribution in [0.2, 0.25) is 10.0 Å². The van der Waals surface area contributed by atoms with Gasteiger partial charge in [0.05, 0.1) is 17.2 Å². The van der Waals surface area contributed by atoms with Crippen molar-refractivity contribution in [2.75, 3.05) is 0 Å². The highest BCUT2D eigenvalue weighted by Crippen LogP contribution is 2.26. The Morgan fingerprint density at radius 1 is 1.23 bits per heavy atom. The summed E-state index contributed by atoms with van der Waals surface area (Å²) in [6.07, 6.45) is 0. The van der Waals surface area contributed by atoms with Gasteiger partial charge in [0.25, 0.3) is 5.91 Å². The van der Waals surface area contributed by atoms with E-state index in [2.05, 4.69) is 10.3 Å². The number of amides is 1. The fourth-order valence-electron chi connectivity index (χ4n) is 2.38. The maximum absolute atomic E-state index is 12.4. The van der Waals surface area contributed by atoms with E-state index in [1.807, 2.05) is 18.4 Å². The summed E-state index contributed by atoms with van der Waals surface area (Å²) in [4.78, 5) is 16.6. The molecule has 4 nitrogen and oxygen atoms in total. The van der Waals surface area contributed by atoms with Crippen LogP contribution in [0.3, 0.4) is 0 Å². The van der Waals surface area contributed by atoms with E-state index < -0.39 is 0 Å². The zero-order chi connectivity index (χ0) is 18.5. The lowest BCUT2D eigenvalue weighted by Crippen LogP contribution is -2.26. The van der Waals surface area contributed by atoms with Crippen molar-refractivity contribution >= 4 is 40.4 Å². The molecule has 1 atom stereocenters.